The zero-order chi connectivity index (χ0) is 26.4. The Morgan fingerprint density at radius 2 is 1.92 bits per heavy atom. The number of amides is 2. The fourth-order valence-corrected chi connectivity index (χ4v) is 6.48. The molecule has 4 rings (SSSR count). The number of ketones is 1. The number of aromatic nitrogens is 1. The van der Waals surface area contributed by atoms with E-state index in [9.17, 15) is 18.4 Å². The SMILES string of the molecule is CC(=O)c1sc(NC(=O)N[C@H]2CN(CCF)CC[C@H]2CN2CCCC(Cc3ccc(F)cc3)C2)nc1C. The molecule has 2 saturated heterocycles. The van der Waals surface area contributed by atoms with Crippen LogP contribution in [0.3, 0.4) is 0 Å². The number of carbonyl (C=O) groups excluding carboxylic acids is 2. The third-order valence-corrected chi connectivity index (χ3v) is 8.60. The Morgan fingerprint density at radius 1 is 1.14 bits per heavy atom. The number of anilines is 1. The first-order valence-electron chi connectivity index (χ1n) is 13.1. The number of hydrogen-bond donors (Lipinski definition) is 2. The predicted molar refractivity (Wildman–Crippen MR) is 143 cm³/mol. The van der Waals surface area contributed by atoms with Gasteiger partial charge in [-0.1, -0.05) is 23.5 Å². The van der Waals surface area contributed by atoms with Crippen LogP contribution in [0.1, 0.15) is 47.1 Å². The van der Waals surface area contributed by atoms with Crippen LogP contribution in [-0.2, 0) is 6.42 Å². The van der Waals surface area contributed by atoms with Gasteiger partial charge in [0.25, 0.3) is 0 Å². The summed E-state index contributed by atoms with van der Waals surface area (Å²) in [6.07, 6.45) is 4.09. The van der Waals surface area contributed by atoms with E-state index in [1.807, 2.05) is 12.1 Å². The minimum Gasteiger partial charge on any atom is -0.333 e. The number of hydrogen-bond acceptors (Lipinski definition) is 6. The Balaban J connectivity index is 1.36. The summed E-state index contributed by atoms with van der Waals surface area (Å²) in [5.41, 5.74) is 1.77. The van der Waals surface area contributed by atoms with Crippen molar-refractivity contribution in [3.05, 3.63) is 46.2 Å². The molecule has 0 radical (unpaired) electrons. The van der Waals surface area contributed by atoms with E-state index in [1.165, 1.54) is 30.4 Å². The minimum absolute atomic E-state index is 0.0723. The van der Waals surface area contributed by atoms with Crippen molar-refractivity contribution >= 4 is 28.3 Å². The summed E-state index contributed by atoms with van der Waals surface area (Å²) in [6.45, 7) is 7.49. The largest absolute Gasteiger partial charge is 0.333 e. The molecule has 202 valence electrons. The van der Waals surface area contributed by atoms with Crippen molar-refractivity contribution in [2.75, 3.05) is 51.3 Å². The monoisotopic (exact) mass is 533 g/mol. The van der Waals surface area contributed by atoms with E-state index in [0.29, 0.717) is 34.7 Å². The number of aryl methyl sites for hydroxylation is 1. The molecule has 2 aromatic rings. The van der Waals surface area contributed by atoms with Crippen LogP contribution in [0.25, 0.3) is 0 Å². The molecule has 2 amide bonds. The second kappa shape index (κ2) is 12.9. The quantitative estimate of drug-likeness (QED) is 0.463. The van der Waals surface area contributed by atoms with E-state index in [0.717, 1.165) is 57.4 Å². The highest BCUT2D eigenvalue weighted by atomic mass is 32.1. The summed E-state index contributed by atoms with van der Waals surface area (Å²) in [5.74, 6) is 0.484. The molecule has 1 unspecified atom stereocenters. The van der Waals surface area contributed by atoms with Gasteiger partial charge in [0.1, 0.15) is 12.5 Å². The molecule has 1 aromatic carbocycles. The average Bonchev–Trinajstić information content (AvgIpc) is 3.22. The van der Waals surface area contributed by atoms with E-state index in [4.69, 9.17) is 0 Å². The van der Waals surface area contributed by atoms with Gasteiger partial charge in [-0.3, -0.25) is 15.0 Å². The molecule has 0 saturated carbocycles. The van der Waals surface area contributed by atoms with Gasteiger partial charge < -0.3 is 10.2 Å². The Morgan fingerprint density at radius 3 is 2.62 bits per heavy atom. The number of carbonyl (C=O) groups is 2. The number of nitrogens with zero attached hydrogens (tertiary/aromatic N) is 3. The molecule has 2 aliphatic heterocycles. The lowest BCUT2D eigenvalue weighted by Crippen LogP contribution is -2.56. The first kappa shape index (κ1) is 27.6. The number of alkyl halides is 1. The number of nitrogens with one attached hydrogen (secondary N) is 2. The van der Waals surface area contributed by atoms with Crippen LogP contribution in [0.15, 0.2) is 24.3 Å². The van der Waals surface area contributed by atoms with Crippen molar-refractivity contribution in [3.63, 3.8) is 0 Å². The Hall–Kier alpha value is -2.43. The second-order valence-corrected chi connectivity index (χ2v) is 11.3. The molecule has 37 heavy (non-hydrogen) atoms. The van der Waals surface area contributed by atoms with E-state index >= 15 is 0 Å². The van der Waals surface area contributed by atoms with Crippen molar-refractivity contribution in [2.45, 2.75) is 45.6 Å². The fourth-order valence-electron chi connectivity index (χ4n) is 5.62. The lowest BCUT2D eigenvalue weighted by molar-refractivity contribution is 0.0874. The lowest BCUT2D eigenvalue weighted by atomic mass is 9.87. The fraction of sp³-hybridized carbons (Fsp3) is 0.593. The summed E-state index contributed by atoms with van der Waals surface area (Å²) in [6, 6.07) is 6.32. The topological polar surface area (TPSA) is 77.6 Å². The first-order valence-corrected chi connectivity index (χ1v) is 13.9. The number of piperidine rings is 2. The molecule has 10 heteroatoms. The molecule has 1 aromatic heterocycles. The molecule has 7 nitrogen and oxygen atoms in total. The highest BCUT2D eigenvalue weighted by Crippen LogP contribution is 2.26. The minimum atomic E-state index is -0.410. The Bertz CT molecular complexity index is 1060. The summed E-state index contributed by atoms with van der Waals surface area (Å²) in [4.78, 5) is 34.0. The maximum Gasteiger partial charge on any atom is 0.321 e. The van der Waals surface area contributed by atoms with Crippen molar-refractivity contribution in [2.24, 2.45) is 11.8 Å². The lowest BCUT2D eigenvalue weighted by Gasteiger charge is -2.42. The number of thiazole rings is 1. The molecule has 0 spiro atoms. The average molecular weight is 534 g/mol. The maximum atomic E-state index is 13.3. The third-order valence-electron chi connectivity index (χ3n) is 7.43. The van der Waals surface area contributed by atoms with Gasteiger partial charge in [0.05, 0.1) is 10.6 Å². The molecule has 3 heterocycles. The van der Waals surface area contributed by atoms with Crippen LogP contribution in [0.5, 0.6) is 0 Å². The van der Waals surface area contributed by atoms with Crippen LogP contribution < -0.4 is 10.6 Å². The first-order chi connectivity index (χ1) is 17.8. The molecule has 2 N–H and O–H groups in total. The maximum absolute atomic E-state index is 13.3. The zero-order valence-corrected chi connectivity index (χ0v) is 22.5. The van der Waals surface area contributed by atoms with Gasteiger partial charge in [-0.25, -0.2) is 18.6 Å². The van der Waals surface area contributed by atoms with E-state index in [2.05, 4.69) is 25.4 Å². The van der Waals surface area contributed by atoms with Crippen LogP contribution >= 0.6 is 11.3 Å². The molecular formula is C27H37F2N5O2S. The standard InChI is InChI=1S/C27H37F2N5O2S/c1-18-25(19(2)35)37-27(30-18)32-26(36)31-24-17-33(13-10-28)12-9-22(24)16-34-11-3-4-21(15-34)14-20-5-7-23(29)8-6-20/h5-8,21-22,24H,3-4,9-17H2,1-2H3,(H2,30,31,32,36)/t21?,22-,24-/m0/s1. The second-order valence-electron chi connectivity index (χ2n) is 10.3. The third kappa shape index (κ3) is 7.78. The number of rotatable bonds is 9. The normalized spacial score (nSPS) is 23.1. The van der Waals surface area contributed by atoms with Crippen molar-refractivity contribution < 1.29 is 18.4 Å². The van der Waals surface area contributed by atoms with E-state index in [1.54, 1.807) is 6.92 Å². The molecular weight excluding hydrogens is 496 g/mol. The van der Waals surface area contributed by atoms with Crippen molar-refractivity contribution in [1.29, 1.82) is 0 Å². The molecule has 0 aliphatic carbocycles. The molecule has 0 bridgehead atoms. The number of likely N-dealkylation sites (tertiary alicyclic amines) is 2. The number of halogens is 2. The van der Waals surface area contributed by atoms with Gasteiger partial charge in [-0.05, 0) is 75.2 Å². The van der Waals surface area contributed by atoms with Gasteiger partial charge >= 0.3 is 6.03 Å². The Labute approximate surface area is 221 Å². The summed E-state index contributed by atoms with van der Waals surface area (Å²) >= 11 is 1.18. The van der Waals surface area contributed by atoms with Crippen molar-refractivity contribution in [1.82, 2.24) is 20.1 Å². The summed E-state index contributed by atoms with van der Waals surface area (Å²) in [7, 11) is 0. The predicted octanol–water partition coefficient (Wildman–Crippen LogP) is 4.53. The van der Waals surface area contributed by atoms with Gasteiger partial charge in [-0.15, -0.1) is 0 Å². The van der Waals surface area contributed by atoms with E-state index < -0.39 is 6.67 Å². The van der Waals surface area contributed by atoms with Crippen LogP contribution in [0.4, 0.5) is 18.7 Å². The zero-order valence-electron chi connectivity index (χ0n) is 21.6. The highest BCUT2D eigenvalue weighted by Gasteiger charge is 2.33. The van der Waals surface area contributed by atoms with E-state index in [-0.39, 0.29) is 29.6 Å². The van der Waals surface area contributed by atoms with Gasteiger partial charge in [0.2, 0.25) is 0 Å². The van der Waals surface area contributed by atoms with Crippen LogP contribution in [0, 0.1) is 24.6 Å². The summed E-state index contributed by atoms with van der Waals surface area (Å²) in [5, 5.41) is 6.30. The smallest absolute Gasteiger partial charge is 0.321 e. The number of benzene rings is 1. The van der Waals surface area contributed by atoms with Crippen molar-refractivity contribution in [3.8, 4) is 0 Å². The van der Waals surface area contributed by atoms with Gasteiger partial charge in [0.15, 0.2) is 10.9 Å². The number of urea groups is 1. The number of Topliss-reactive ketones (excluding diaryl/α,β-unsaturated/α-hetero) is 1. The molecule has 3 atom stereocenters. The Kier molecular flexibility index (Phi) is 9.61. The molecule has 2 fully saturated rings. The van der Waals surface area contributed by atoms with Gasteiger partial charge in [0, 0.05) is 39.1 Å². The van der Waals surface area contributed by atoms with Crippen LogP contribution in [0.2, 0.25) is 0 Å². The van der Waals surface area contributed by atoms with Gasteiger partial charge in [-0.2, -0.15) is 0 Å². The van der Waals surface area contributed by atoms with Crippen LogP contribution in [-0.4, -0.2) is 78.6 Å². The summed E-state index contributed by atoms with van der Waals surface area (Å²) < 4.78 is 26.3. The highest BCUT2D eigenvalue weighted by molar-refractivity contribution is 7.17. The molecule has 2 aliphatic rings.